The Balaban J connectivity index is 1.38. The molecule has 0 saturated carbocycles. The minimum absolute atomic E-state index is 0.201. The average molecular weight is 463 g/mol. The zero-order chi connectivity index (χ0) is 24.2. The highest BCUT2D eigenvalue weighted by Crippen LogP contribution is 2.33. The van der Waals surface area contributed by atoms with Crippen molar-refractivity contribution >= 4 is 28.4 Å². The fourth-order valence-corrected chi connectivity index (χ4v) is 3.73. The van der Waals surface area contributed by atoms with E-state index in [-0.39, 0.29) is 5.91 Å². The summed E-state index contributed by atoms with van der Waals surface area (Å²) in [6.07, 6.45) is 4.99. The summed E-state index contributed by atoms with van der Waals surface area (Å²) in [7, 11) is 1.76. The smallest absolute Gasteiger partial charge is 0.256 e. The van der Waals surface area contributed by atoms with Gasteiger partial charge in [0.05, 0.1) is 22.3 Å². The van der Waals surface area contributed by atoms with Crippen molar-refractivity contribution in [2.45, 2.75) is 6.92 Å². The van der Waals surface area contributed by atoms with Crippen LogP contribution in [0.25, 0.3) is 22.2 Å². The maximum absolute atomic E-state index is 13.0. The van der Waals surface area contributed by atoms with Crippen LogP contribution in [0.15, 0.2) is 85.3 Å². The first kappa shape index (κ1) is 22.0. The van der Waals surface area contributed by atoms with Crippen molar-refractivity contribution < 1.29 is 9.53 Å². The highest BCUT2D eigenvalue weighted by Gasteiger charge is 2.14. The third kappa shape index (κ3) is 4.63. The van der Waals surface area contributed by atoms with Gasteiger partial charge < -0.3 is 15.4 Å². The van der Waals surface area contributed by atoms with Crippen LogP contribution in [-0.2, 0) is 0 Å². The number of aryl methyl sites for hydroxylation is 1. The lowest BCUT2D eigenvalue weighted by Gasteiger charge is -2.13. The number of aromatic nitrogens is 4. The summed E-state index contributed by atoms with van der Waals surface area (Å²) >= 11 is 0. The number of carbonyl (C=O) groups is 1. The van der Waals surface area contributed by atoms with Gasteiger partial charge in [0.15, 0.2) is 0 Å². The van der Waals surface area contributed by atoms with Crippen LogP contribution in [0.3, 0.4) is 0 Å². The number of fused-ring (bicyclic) bond motifs is 1. The highest BCUT2D eigenvalue weighted by molar-refractivity contribution is 6.12. The van der Waals surface area contributed by atoms with Crippen molar-refractivity contribution in [3.63, 3.8) is 0 Å². The fraction of sp³-hybridized carbons (Fsp3) is 0.0741. The van der Waals surface area contributed by atoms with Crippen molar-refractivity contribution in [2.24, 2.45) is 0 Å². The van der Waals surface area contributed by atoms with Gasteiger partial charge in [-0.05, 0) is 61.0 Å². The summed E-state index contributed by atoms with van der Waals surface area (Å²) in [5.74, 6) is 1.36. The highest BCUT2D eigenvalue weighted by atomic mass is 16.5. The Morgan fingerprint density at radius 3 is 2.60 bits per heavy atom. The molecule has 2 aromatic carbocycles. The molecular formula is C27H22N6O2. The minimum atomic E-state index is -0.201. The van der Waals surface area contributed by atoms with Crippen LogP contribution in [-0.4, -0.2) is 32.9 Å². The van der Waals surface area contributed by atoms with Crippen LogP contribution in [0.4, 0.5) is 11.6 Å². The van der Waals surface area contributed by atoms with E-state index < -0.39 is 0 Å². The molecule has 3 heterocycles. The second-order valence-corrected chi connectivity index (χ2v) is 7.78. The van der Waals surface area contributed by atoms with E-state index in [1.165, 1.54) is 0 Å². The van der Waals surface area contributed by atoms with Crippen LogP contribution < -0.4 is 15.4 Å². The van der Waals surface area contributed by atoms with E-state index in [2.05, 4.69) is 30.6 Å². The Kier molecular flexibility index (Phi) is 6.00. The molecule has 8 heteroatoms. The molecule has 8 nitrogen and oxygen atoms in total. The number of pyridine rings is 2. The summed E-state index contributed by atoms with van der Waals surface area (Å²) in [5, 5.41) is 6.71. The molecule has 5 aromatic rings. The summed E-state index contributed by atoms with van der Waals surface area (Å²) < 4.78 is 6.16. The van der Waals surface area contributed by atoms with Gasteiger partial charge >= 0.3 is 0 Å². The van der Waals surface area contributed by atoms with Gasteiger partial charge in [0.25, 0.3) is 5.91 Å². The Labute approximate surface area is 202 Å². The maximum Gasteiger partial charge on any atom is 0.256 e. The Morgan fingerprint density at radius 1 is 0.886 bits per heavy atom. The summed E-state index contributed by atoms with van der Waals surface area (Å²) in [5.41, 5.74) is 4.29. The first-order valence-electron chi connectivity index (χ1n) is 11.0. The molecule has 35 heavy (non-hydrogen) atoms. The summed E-state index contributed by atoms with van der Waals surface area (Å²) in [4.78, 5) is 30.4. The molecule has 0 saturated heterocycles. The van der Waals surface area contributed by atoms with E-state index in [0.29, 0.717) is 34.5 Å². The molecule has 1 amide bonds. The molecule has 0 atom stereocenters. The molecule has 5 rings (SSSR count). The zero-order valence-corrected chi connectivity index (χ0v) is 19.2. The van der Waals surface area contributed by atoms with Gasteiger partial charge in [-0.15, -0.1) is 0 Å². The second kappa shape index (κ2) is 9.56. The molecule has 0 spiro atoms. The van der Waals surface area contributed by atoms with Gasteiger partial charge in [0.2, 0.25) is 11.8 Å². The number of hydrogen-bond acceptors (Lipinski definition) is 7. The van der Waals surface area contributed by atoms with Crippen LogP contribution in [0.5, 0.6) is 11.6 Å². The SMILES string of the molecule is CNc1nccc(-c2cccnc2Oc2ccc(NC(=O)c3ccnc4ccccc34)cc2C)n1. The second-order valence-electron chi connectivity index (χ2n) is 7.78. The van der Waals surface area contributed by atoms with E-state index in [4.69, 9.17) is 4.74 Å². The van der Waals surface area contributed by atoms with Crippen molar-refractivity contribution in [3.05, 3.63) is 96.4 Å². The number of anilines is 2. The molecule has 0 bridgehead atoms. The third-order valence-electron chi connectivity index (χ3n) is 5.46. The van der Waals surface area contributed by atoms with Crippen LogP contribution >= 0.6 is 0 Å². The summed E-state index contributed by atoms with van der Waals surface area (Å²) in [6, 6.07) is 20.3. The zero-order valence-electron chi connectivity index (χ0n) is 19.2. The van der Waals surface area contributed by atoms with Crippen molar-refractivity contribution in [2.75, 3.05) is 17.7 Å². The van der Waals surface area contributed by atoms with Crippen LogP contribution in [0.1, 0.15) is 15.9 Å². The number of benzene rings is 2. The van der Waals surface area contributed by atoms with E-state index in [1.54, 1.807) is 43.8 Å². The fourth-order valence-electron chi connectivity index (χ4n) is 3.73. The Bertz CT molecular complexity index is 1530. The Morgan fingerprint density at radius 2 is 1.74 bits per heavy atom. The molecule has 2 N–H and O–H groups in total. The van der Waals surface area contributed by atoms with Gasteiger partial charge in [-0.2, -0.15) is 0 Å². The van der Waals surface area contributed by atoms with Crippen LogP contribution in [0.2, 0.25) is 0 Å². The van der Waals surface area contributed by atoms with Gasteiger partial charge in [0, 0.05) is 36.7 Å². The van der Waals surface area contributed by atoms with Crippen molar-refractivity contribution in [1.29, 1.82) is 0 Å². The first-order chi connectivity index (χ1) is 17.1. The molecule has 0 radical (unpaired) electrons. The number of amides is 1. The summed E-state index contributed by atoms with van der Waals surface area (Å²) in [6.45, 7) is 1.92. The number of carbonyl (C=O) groups excluding carboxylic acids is 1. The van der Waals surface area contributed by atoms with Crippen molar-refractivity contribution in [3.8, 4) is 22.9 Å². The lowest BCUT2D eigenvalue weighted by molar-refractivity contribution is 0.102. The Hall–Kier alpha value is -4.85. The quantitative estimate of drug-likeness (QED) is 0.344. The number of hydrogen-bond donors (Lipinski definition) is 2. The average Bonchev–Trinajstić information content (AvgIpc) is 2.90. The van der Waals surface area contributed by atoms with E-state index in [0.717, 1.165) is 22.0 Å². The van der Waals surface area contributed by atoms with E-state index in [9.17, 15) is 4.79 Å². The van der Waals surface area contributed by atoms with Gasteiger partial charge in [-0.25, -0.2) is 15.0 Å². The predicted molar refractivity (Wildman–Crippen MR) is 136 cm³/mol. The number of nitrogens with one attached hydrogen (secondary N) is 2. The number of rotatable bonds is 6. The molecule has 0 aliphatic heterocycles. The first-order valence-corrected chi connectivity index (χ1v) is 11.0. The molecule has 172 valence electrons. The molecule has 0 fully saturated rings. The standard InChI is InChI=1S/C27H22N6O2/c1-17-16-18(32-25(34)20-11-14-29-22-8-4-3-6-19(20)22)9-10-24(17)35-26-21(7-5-13-30-26)23-12-15-31-27(28-2)33-23/h3-16H,1-2H3,(H,32,34)(H,28,31,33). The number of nitrogens with zero attached hydrogens (tertiary/aromatic N) is 4. The topological polar surface area (TPSA) is 102 Å². The van der Waals surface area contributed by atoms with Gasteiger partial charge in [-0.3, -0.25) is 9.78 Å². The number of para-hydroxylation sites is 1. The molecule has 0 unspecified atom stereocenters. The lowest BCUT2D eigenvalue weighted by atomic mass is 10.1. The van der Waals surface area contributed by atoms with Crippen molar-refractivity contribution in [1.82, 2.24) is 19.9 Å². The van der Waals surface area contributed by atoms with Gasteiger partial charge in [0.1, 0.15) is 5.75 Å². The molecule has 3 aromatic heterocycles. The molecule has 0 aliphatic rings. The largest absolute Gasteiger partial charge is 0.438 e. The van der Waals surface area contributed by atoms with E-state index >= 15 is 0 Å². The third-order valence-corrected chi connectivity index (χ3v) is 5.46. The maximum atomic E-state index is 13.0. The normalized spacial score (nSPS) is 10.7. The molecule has 0 aliphatic carbocycles. The van der Waals surface area contributed by atoms with Crippen LogP contribution in [0, 0.1) is 6.92 Å². The van der Waals surface area contributed by atoms with Gasteiger partial charge in [-0.1, -0.05) is 18.2 Å². The van der Waals surface area contributed by atoms with E-state index in [1.807, 2.05) is 55.5 Å². The number of ether oxygens (including phenoxy) is 1. The molecular weight excluding hydrogens is 440 g/mol. The predicted octanol–water partition coefficient (Wildman–Crippen LogP) is 5.48. The minimum Gasteiger partial charge on any atom is -0.438 e. The monoisotopic (exact) mass is 462 g/mol. The lowest BCUT2D eigenvalue weighted by Crippen LogP contribution is -2.12.